The molecule has 4 nitrogen and oxygen atoms in total. The fraction of sp³-hybridized carbons (Fsp3) is 0.0426. The molecule has 3 aromatic heterocycles. The molecule has 0 aliphatic heterocycles. The number of thiophene rings is 1. The molecule has 0 unspecified atom stereocenters. The lowest BCUT2D eigenvalue weighted by Crippen LogP contribution is -2.05. The summed E-state index contributed by atoms with van der Waals surface area (Å²) in [4.78, 5) is 15.3. The van der Waals surface area contributed by atoms with Gasteiger partial charge in [-0.05, 0) is 46.9 Å². The minimum absolute atomic E-state index is 0.649. The first-order chi connectivity index (χ1) is 25.7. The van der Waals surface area contributed by atoms with Crippen LogP contribution in [0, 0.1) is 0 Å². The third-order valence-electron chi connectivity index (χ3n) is 9.90. The number of para-hydroxylation sites is 2. The molecule has 3 heterocycles. The number of hydrogen-bond acceptors (Lipinski definition) is 5. The molecule has 0 bridgehead atoms. The second kappa shape index (κ2) is 12.7. The van der Waals surface area contributed by atoms with E-state index in [-0.39, 0.29) is 0 Å². The molecule has 10 rings (SSSR count). The van der Waals surface area contributed by atoms with Crippen LogP contribution in [0.3, 0.4) is 0 Å². The summed E-state index contributed by atoms with van der Waals surface area (Å²) in [6.45, 7) is 0. The fourth-order valence-electron chi connectivity index (χ4n) is 7.38. The Kier molecular flexibility index (Phi) is 7.43. The monoisotopic (exact) mass is 685 g/mol. The van der Waals surface area contributed by atoms with E-state index in [9.17, 15) is 0 Å². The first-order valence-electron chi connectivity index (χ1n) is 17.5. The Morgan fingerprint density at radius 2 is 1.06 bits per heavy atom. The van der Waals surface area contributed by atoms with Crippen LogP contribution in [0.15, 0.2) is 168 Å². The third kappa shape index (κ3) is 5.43. The van der Waals surface area contributed by atoms with Crippen molar-refractivity contribution in [3.8, 4) is 34.2 Å². The van der Waals surface area contributed by atoms with Gasteiger partial charge in [0.05, 0.1) is 0 Å². The van der Waals surface area contributed by atoms with Crippen LogP contribution >= 0.6 is 11.3 Å². The minimum atomic E-state index is 0.649. The van der Waals surface area contributed by atoms with Crippen LogP contribution in [0.5, 0.6) is 0 Å². The molecule has 0 saturated carbocycles. The van der Waals surface area contributed by atoms with E-state index in [1.807, 2.05) is 59.9 Å². The van der Waals surface area contributed by atoms with Crippen molar-refractivity contribution in [1.82, 2.24) is 15.0 Å². The second-order valence-corrected chi connectivity index (χ2v) is 14.2. The topological polar surface area (TPSA) is 51.8 Å². The summed E-state index contributed by atoms with van der Waals surface area (Å²) >= 11 is 1.86. The predicted molar refractivity (Wildman–Crippen MR) is 215 cm³/mol. The molecule has 0 aliphatic rings. The highest BCUT2D eigenvalue weighted by atomic mass is 32.1. The van der Waals surface area contributed by atoms with Gasteiger partial charge in [-0.1, -0.05) is 146 Å². The number of benzene rings is 7. The van der Waals surface area contributed by atoms with Crippen molar-refractivity contribution in [3.05, 3.63) is 186 Å². The highest BCUT2D eigenvalue weighted by Crippen LogP contribution is 2.37. The van der Waals surface area contributed by atoms with Crippen molar-refractivity contribution in [2.45, 2.75) is 12.8 Å². The summed E-state index contributed by atoms with van der Waals surface area (Å²) in [5.74, 6) is 1.95. The predicted octanol–water partition coefficient (Wildman–Crippen LogP) is 12.3. The molecular formula is C47H31N3OS. The van der Waals surface area contributed by atoms with Crippen molar-refractivity contribution in [2.75, 3.05) is 0 Å². The molecule has 246 valence electrons. The highest BCUT2D eigenvalue weighted by Gasteiger charge is 2.20. The minimum Gasteiger partial charge on any atom is -0.456 e. The maximum Gasteiger partial charge on any atom is 0.164 e. The average molecular weight is 686 g/mol. The quantitative estimate of drug-likeness (QED) is 0.168. The molecule has 0 N–H and O–H groups in total. The summed E-state index contributed by atoms with van der Waals surface area (Å²) in [7, 11) is 0. The van der Waals surface area contributed by atoms with E-state index in [1.165, 1.54) is 36.9 Å². The van der Waals surface area contributed by atoms with Gasteiger partial charge in [-0.3, -0.25) is 0 Å². The Labute approximate surface area is 304 Å². The van der Waals surface area contributed by atoms with Crippen molar-refractivity contribution in [2.24, 2.45) is 0 Å². The number of rotatable bonds is 7. The zero-order valence-electron chi connectivity index (χ0n) is 28.2. The van der Waals surface area contributed by atoms with E-state index < -0.39 is 0 Å². The van der Waals surface area contributed by atoms with Crippen LogP contribution in [-0.2, 0) is 12.8 Å². The van der Waals surface area contributed by atoms with Gasteiger partial charge < -0.3 is 4.42 Å². The molecule has 10 aromatic rings. The lowest BCUT2D eigenvalue weighted by Gasteiger charge is -2.16. The lowest BCUT2D eigenvalue weighted by molar-refractivity contribution is 0.664. The molecule has 0 amide bonds. The zero-order valence-corrected chi connectivity index (χ0v) is 29.0. The Morgan fingerprint density at radius 3 is 1.85 bits per heavy atom. The molecule has 0 spiro atoms. The number of aromatic nitrogens is 3. The average Bonchev–Trinajstić information content (AvgIpc) is 3.78. The van der Waals surface area contributed by atoms with Crippen LogP contribution in [0.25, 0.3) is 76.3 Å². The molecule has 0 atom stereocenters. The first-order valence-corrected chi connectivity index (χ1v) is 18.3. The lowest BCUT2D eigenvalue weighted by atomic mass is 9.90. The van der Waals surface area contributed by atoms with Gasteiger partial charge in [-0.2, -0.15) is 0 Å². The van der Waals surface area contributed by atoms with Crippen molar-refractivity contribution >= 4 is 53.4 Å². The van der Waals surface area contributed by atoms with E-state index >= 15 is 0 Å². The van der Waals surface area contributed by atoms with Crippen LogP contribution in [-0.4, -0.2) is 15.0 Å². The Morgan fingerprint density at radius 1 is 0.442 bits per heavy atom. The van der Waals surface area contributed by atoms with E-state index in [1.54, 1.807) is 0 Å². The van der Waals surface area contributed by atoms with Crippen molar-refractivity contribution < 1.29 is 4.42 Å². The Balaban J connectivity index is 1.17. The van der Waals surface area contributed by atoms with E-state index in [4.69, 9.17) is 19.4 Å². The molecule has 7 aromatic carbocycles. The maximum absolute atomic E-state index is 6.55. The third-order valence-corrected chi connectivity index (χ3v) is 11.0. The SMILES string of the molecule is c1ccc(-c2nc(-c3ccccc3)nc(-c3cccc(Cc4ccc5c(c4)sc4ccccc45)c3Cc3cccc4c3oc3ccccc34)n2)cc1. The smallest absolute Gasteiger partial charge is 0.164 e. The number of nitrogens with zero attached hydrogens (tertiary/aromatic N) is 3. The Hall–Kier alpha value is -6.43. The van der Waals surface area contributed by atoms with Gasteiger partial charge in [-0.25, -0.2) is 15.0 Å². The zero-order chi connectivity index (χ0) is 34.4. The normalized spacial score (nSPS) is 11.6. The van der Waals surface area contributed by atoms with Crippen LogP contribution < -0.4 is 0 Å². The molecule has 0 saturated heterocycles. The van der Waals surface area contributed by atoms with Gasteiger partial charge in [0, 0.05) is 54.1 Å². The Bertz CT molecular complexity index is 2850. The van der Waals surface area contributed by atoms with E-state index in [0.717, 1.165) is 50.6 Å². The summed E-state index contributed by atoms with van der Waals surface area (Å²) in [5.41, 5.74) is 9.51. The van der Waals surface area contributed by atoms with E-state index in [2.05, 4.69) is 115 Å². The number of furan rings is 1. The van der Waals surface area contributed by atoms with Crippen LogP contribution in [0.4, 0.5) is 0 Å². The van der Waals surface area contributed by atoms with Gasteiger partial charge >= 0.3 is 0 Å². The molecule has 5 heteroatoms. The standard InChI is InChI=1S/C47H31N3OS/c1-3-13-31(14-4-1)45-48-46(32-15-5-2-6-16-32)50-47(49-45)39-22-11-17-33(27-30-25-26-37-36-20-8-10-24-42(36)52-43(37)28-30)40(39)29-34-18-12-21-38-35-19-7-9-23-41(35)51-44(34)38/h1-26,28H,27,29H2. The van der Waals surface area contributed by atoms with Gasteiger partial charge in [0.15, 0.2) is 17.5 Å². The first kappa shape index (κ1) is 30.4. The molecule has 52 heavy (non-hydrogen) atoms. The highest BCUT2D eigenvalue weighted by molar-refractivity contribution is 7.25. The summed E-state index contributed by atoms with van der Waals surface area (Å²) in [6, 6.07) is 57.2. The maximum atomic E-state index is 6.55. The van der Waals surface area contributed by atoms with Crippen molar-refractivity contribution in [1.29, 1.82) is 0 Å². The fourth-order valence-corrected chi connectivity index (χ4v) is 8.55. The number of hydrogen-bond donors (Lipinski definition) is 0. The summed E-state index contributed by atoms with van der Waals surface area (Å²) < 4.78 is 9.17. The van der Waals surface area contributed by atoms with E-state index in [0.29, 0.717) is 23.9 Å². The molecular weight excluding hydrogens is 655 g/mol. The van der Waals surface area contributed by atoms with Gasteiger partial charge in [0.1, 0.15) is 11.2 Å². The molecule has 0 fully saturated rings. The number of fused-ring (bicyclic) bond motifs is 6. The second-order valence-electron chi connectivity index (χ2n) is 13.2. The van der Waals surface area contributed by atoms with Crippen LogP contribution in [0.1, 0.15) is 22.3 Å². The molecule has 0 aliphatic carbocycles. The summed E-state index contributed by atoms with van der Waals surface area (Å²) in [6.07, 6.45) is 1.42. The largest absolute Gasteiger partial charge is 0.456 e. The van der Waals surface area contributed by atoms with Crippen molar-refractivity contribution in [3.63, 3.8) is 0 Å². The van der Waals surface area contributed by atoms with Gasteiger partial charge in [-0.15, -0.1) is 11.3 Å². The van der Waals surface area contributed by atoms with Gasteiger partial charge in [0.25, 0.3) is 0 Å². The molecule has 0 radical (unpaired) electrons. The summed E-state index contributed by atoms with van der Waals surface area (Å²) in [5, 5.41) is 4.87. The van der Waals surface area contributed by atoms with Gasteiger partial charge in [0.2, 0.25) is 0 Å². The van der Waals surface area contributed by atoms with Crippen LogP contribution in [0.2, 0.25) is 0 Å².